The van der Waals surface area contributed by atoms with Crippen molar-refractivity contribution in [2.24, 2.45) is 0 Å². The van der Waals surface area contributed by atoms with Crippen LogP contribution in [-0.2, 0) is 17.7 Å². The zero-order valence-corrected chi connectivity index (χ0v) is 12.9. The predicted molar refractivity (Wildman–Crippen MR) is 82.8 cm³/mol. The Morgan fingerprint density at radius 3 is 3.09 bits per heavy atom. The van der Waals surface area contributed by atoms with Crippen molar-refractivity contribution in [1.29, 1.82) is 0 Å². The lowest BCUT2D eigenvalue weighted by molar-refractivity contribution is -0.122. The summed E-state index contributed by atoms with van der Waals surface area (Å²) in [5.41, 5.74) is 1.95. The molecule has 4 heterocycles. The van der Waals surface area contributed by atoms with E-state index in [0.717, 1.165) is 76.1 Å². The van der Waals surface area contributed by atoms with Gasteiger partial charge in [-0.2, -0.15) is 0 Å². The van der Waals surface area contributed by atoms with Crippen molar-refractivity contribution in [2.45, 2.75) is 50.3 Å². The topological polar surface area (TPSA) is 70.2 Å². The zero-order chi connectivity index (χ0) is 15.0. The molecule has 2 N–H and O–H groups in total. The van der Waals surface area contributed by atoms with E-state index in [1.807, 2.05) is 0 Å². The summed E-state index contributed by atoms with van der Waals surface area (Å²) in [5, 5.41) is 3.43. The monoisotopic (exact) mass is 304 g/mol. The average molecular weight is 304 g/mol. The number of fused-ring (bicyclic) bond motifs is 1. The van der Waals surface area contributed by atoms with E-state index in [1.165, 1.54) is 6.33 Å². The third kappa shape index (κ3) is 2.59. The molecule has 1 aromatic rings. The van der Waals surface area contributed by atoms with Gasteiger partial charge in [0.15, 0.2) is 0 Å². The lowest BCUT2D eigenvalue weighted by Gasteiger charge is -2.47. The number of piperidine rings is 1. The number of nitrogens with zero attached hydrogens (tertiary/aromatic N) is 2. The summed E-state index contributed by atoms with van der Waals surface area (Å²) in [5.74, 6) is 0. The van der Waals surface area contributed by atoms with Gasteiger partial charge >= 0.3 is 0 Å². The van der Waals surface area contributed by atoms with E-state index in [4.69, 9.17) is 4.74 Å². The number of H-pyrrole nitrogens is 1. The Labute approximate surface area is 130 Å². The zero-order valence-electron chi connectivity index (χ0n) is 12.9. The number of ether oxygens (including phenoxy) is 1. The number of rotatable bonds is 1. The molecule has 1 unspecified atom stereocenters. The average Bonchev–Trinajstić information content (AvgIpc) is 2.55. The first kappa shape index (κ1) is 14.4. The van der Waals surface area contributed by atoms with Crippen molar-refractivity contribution in [3.63, 3.8) is 0 Å². The minimum absolute atomic E-state index is 0.0338. The molecule has 2 saturated heterocycles. The van der Waals surface area contributed by atoms with Crippen LogP contribution in [0.4, 0.5) is 0 Å². The Morgan fingerprint density at radius 2 is 2.23 bits per heavy atom. The Bertz CT molecular complexity index is 589. The summed E-state index contributed by atoms with van der Waals surface area (Å²) in [7, 11) is 0. The minimum Gasteiger partial charge on any atom is -0.375 e. The summed E-state index contributed by atoms with van der Waals surface area (Å²) >= 11 is 0. The quantitative estimate of drug-likeness (QED) is 0.787. The minimum atomic E-state index is 0.0338. The van der Waals surface area contributed by atoms with Crippen LogP contribution in [0.3, 0.4) is 0 Å². The van der Waals surface area contributed by atoms with Gasteiger partial charge in [0.05, 0.1) is 17.6 Å². The third-order valence-electron chi connectivity index (χ3n) is 5.54. The number of aromatic nitrogens is 2. The smallest absolute Gasteiger partial charge is 0.254 e. The second-order valence-corrected chi connectivity index (χ2v) is 6.81. The highest BCUT2D eigenvalue weighted by molar-refractivity contribution is 5.19. The molecule has 0 radical (unpaired) electrons. The van der Waals surface area contributed by atoms with Gasteiger partial charge in [0.1, 0.15) is 0 Å². The van der Waals surface area contributed by atoms with Gasteiger partial charge in [-0.1, -0.05) is 0 Å². The second-order valence-electron chi connectivity index (χ2n) is 6.81. The first-order valence-corrected chi connectivity index (χ1v) is 8.40. The van der Waals surface area contributed by atoms with E-state index >= 15 is 0 Å². The van der Waals surface area contributed by atoms with Crippen LogP contribution >= 0.6 is 0 Å². The van der Waals surface area contributed by atoms with Crippen LogP contribution in [0.1, 0.15) is 36.9 Å². The largest absolute Gasteiger partial charge is 0.375 e. The molecule has 0 aromatic carbocycles. The van der Waals surface area contributed by atoms with Gasteiger partial charge in [0, 0.05) is 31.3 Å². The first-order valence-electron chi connectivity index (χ1n) is 8.40. The molecule has 1 spiro atoms. The van der Waals surface area contributed by atoms with Crippen LogP contribution in [0.2, 0.25) is 0 Å². The van der Waals surface area contributed by atoms with Crippen molar-refractivity contribution in [2.75, 3.05) is 26.2 Å². The van der Waals surface area contributed by atoms with Crippen LogP contribution in [0, 0.1) is 0 Å². The van der Waals surface area contributed by atoms with Gasteiger partial charge in [-0.25, -0.2) is 4.98 Å². The molecule has 2 fully saturated rings. The van der Waals surface area contributed by atoms with Gasteiger partial charge in [0.2, 0.25) is 0 Å². The molecule has 4 rings (SSSR count). The summed E-state index contributed by atoms with van der Waals surface area (Å²) in [6.07, 6.45) is 6.78. The number of aromatic amines is 1. The van der Waals surface area contributed by atoms with Crippen LogP contribution in [-0.4, -0.2) is 52.8 Å². The molecule has 120 valence electrons. The predicted octanol–water partition coefficient (Wildman–Crippen LogP) is 0.429. The number of nitrogens with one attached hydrogen (secondary N) is 2. The van der Waals surface area contributed by atoms with Crippen molar-refractivity contribution in [3.8, 4) is 0 Å². The molecule has 3 aliphatic rings. The molecule has 0 amide bonds. The first-order chi connectivity index (χ1) is 10.8. The Hall–Kier alpha value is -1.24. The van der Waals surface area contributed by atoms with Crippen LogP contribution in [0.15, 0.2) is 11.1 Å². The van der Waals surface area contributed by atoms with Crippen LogP contribution in [0.25, 0.3) is 0 Å². The van der Waals surface area contributed by atoms with Gasteiger partial charge in [-0.15, -0.1) is 0 Å². The van der Waals surface area contributed by atoms with Gasteiger partial charge in [-0.05, 0) is 45.2 Å². The lowest BCUT2D eigenvalue weighted by Crippen LogP contribution is -2.54. The number of hydrogen-bond donors (Lipinski definition) is 2. The van der Waals surface area contributed by atoms with Crippen molar-refractivity contribution in [1.82, 2.24) is 20.2 Å². The highest BCUT2D eigenvalue weighted by Crippen LogP contribution is 2.36. The molecule has 6 heteroatoms. The molecular weight excluding hydrogens is 280 g/mol. The highest BCUT2D eigenvalue weighted by Gasteiger charge is 2.40. The summed E-state index contributed by atoms with van der Waals surface area (Å²) in [6.45, 7) is 4.74. The van der Waals surface area contributed by atoms with E-state index < -0.39 is 0 Å². The molecule has 0 saturated carbocycles. The second kappa shape index (κ2) is 5.76. The maximum absolute atomic E-state index is 11.8. The molecule has 0 bridgehead atoms. The fourth-order valence-corrected chi connectivity index (χ4v) is 4.24. The highest BCUT2D eigenvalue weighted by atomic mass is 16.5. The van der Waals surface area contributed by atoms with Crippen molar-refractivity contribution < 1.29 is 4.74 Å². The number of hydrogen-bond acceptors (Lipinski definition) is 5. The Morgan fingerprint density at radius 1 is 1.36 bits per heavy atom. The van der Waals surface area contributed by atoms with E-state index in [1.54, 1.807) is 0 Å². The molecule has 1 aromatic heterocycles. The summed E-state index contributed by atoms with van der Waals surface area (Å²) in [6, 6.07) is 0.557. The van der Waals surface area contributed by atoms with E-state index in [0.29, 0.717) is 6.04 Å². The van der Waals surface area contributed by atoms with E-state index in [9.17, 15) is 4.79 Å². The SMILES string of the molecule is O=c1[nH]cnc2c1CCN(C1CCOC3(CCNCC3)C1)C2. The molecule has 3 aliphatic heterocycles. The standard InChI is InChI=1S/C16H24N4O2/c21-15-13-1-7-20(10-14(13)18-11-19-15)12-2-8-22-16(9-12)3-5-17-6-4-16/h11-12,17H,1-10H2,(H,18,19,21). The summed E-state index contributed by atoms with van der Waals surface area (Å²) in [4.78, 5) is 21.4. The van der Waals surface area contributed by atoms with Crippen LogP contribution in [0.5, 0.6) is 0 Å². The maximum Gasteiger partial charge on any atom is 0.254 e. The van der Waals surface area contributed by atoms with E-state index in [-0.39, 0.29) is 11.2 Å². The molecular formula is C16H24N4O2. The molecule has 1 atom stereocenters. The van der Waals surface area contributed by atoms with E-state index in [2.05, 4.69) is 20.2 Å². The van der Waals surface area contributed by atoms with Gasteiger partial charge < -0.3 is 15.0 Å². The van der Waals surface area contributed by atoms with Crippen molar-refractivity contribution >= 4 is 0 Å². The molecule has 6 nitrogen and oxygen atoms in total. The molecule has 22 heavy (non-hydrogen) atoms. The maximum atomic E-state index is 11.8. The third-order valence-corrected chi connectivity index (χ3v) is 5.54. The normalized spacial score (nSPS) is 28.5. The van der Waals surface area contributed by atoms with Gasteiger partial charge in [0.25, 0.3) is 5.56 Å². The Kier molecular flexibility index (Phi) is 3.76. The van der Waals surface area contributed by atoms with Crippen LogP contribution < -0.4 is 10.9 Å². The fourth-order valence-electron chi connectivity index (χ4n) is 4.24. The summed E-state index contributed by atoms with van der Waals surface area (Å²) < 4.78 is 6.18. The van der Waals surface area contributed by atoms with Crippen molar-refractivity contribution in [3.05, 3.63) is 27.9 Å². The van der Waals surface area contributed by atoms with Gasteiger partial charge in [-0.3, -0.25) is 9.69 Å². The fraction of sp³-hybridized carbons (Fsp3) is 0.750. The lowest BCUT2D eigenvalue weighted by atomic mass is 9.82. The Balaban J connectivity index is 1.49. The molecule has 0 aliphatic carbocycles.